The minimum Gasteiger partial charge on any atom is -0.379 e. The number of morpholine rings is 1. The van der Waals surface area contributed by atoms with E-state index in [1.807, 2.05) is 0 Å². The standard InChI is InChI=1S/C21H32N2O2/c1-21(2)19(18-8-11-25-20(18)21)22-17(14-16-6-4-3-5-7-16)15-23-9-12-24-13-10-23/h3-7,17-20,22H,8-15H2,1-2H3. The van der Waals surface area contributed by atoms with Crippen molar-refractivity contribution in [1.82, 2.24) is 10.2 Å². The van der Waals surface area contributed by atoms with Crippen molar-refractivity contribution in [1.29, 1.82) is 0 Å². The highest BCUT2D eigenvalue weighted by Gasteiger charge is 2.59. The summed E-state index contributed by atoms with van der Waals surface area (Å²) in [6.45, 7) is 10.6. The summed E-state index contributed by atoms with van der Waals surface area (Å²) in [7, 11) is 0. The molecule has 4 nitrogen and oxygen atoms in total. The minimum absolute atomic E-state index is 0.237. The molecule has 4 atom stereocenters. The zero-order chi connectivity index (χ0) is 17.3. The van der Waals surface area contributed by atoms with Crippen molar-refractivity contribution in [3.8, 4) is 0 Å². The molecule has 0 spiro atoms. The molecule has 2 heterocycles. The second-order valence-corrected chi connectivity index (χ2v) is 8.51. The molecule has 0 radical (unpaired) electrons. The summed E-state index contributed by atoms with van der Waals surface area (Å²) in [5.74, 6) is 0.693. The lowest BCUT2D eigenvalue weighted by molar-refractivity contribution is -0.116. The number of nitrogens with zero attached hydrogens (tertiary/aromatic N) is 1. The molecule has 4 heteroatoms. The van der Waals surface area contributed by atoms with E-state index >= 15 is 0 Å². The van der Waals surface area contributed by atoms with Crippen LogP contribution >= 0.6 is 0 Å². The maximum atomic E-state index is 5.98. The molecule has 3 aliphatic rings. The number of rotatable bonds is 6. The van der Waals surface area contributed by atoms with Gasteiger partial charge in [0.25, 0.3) is 0 Å². The third-order valence-electron chi connectivity index (χ3n) is 6.42. The summed E-state index contributed by atoms with van der Waals surface area (Å²) < 4.78 is 11.5. The quantitative estimate of drug-likeness (QED) is 0.859. The highest BCUT2D eigenvalue weighted by atomic mass is 16.5. The smallest absolute Gasteiger partial charge is 0.0685 e. The van der Waals surface area contributed by atoms with Gasteiger partial charge in [0, 0.05) is 49.7 Å². The summed E-state index contributed by atoms with van der Waals surface area (Å²) in [6, 6.07) is 11.9. The van der Waals surface area contributed by atoms with Gasteiger partial charge in [-0.3, -0.25) is 4.90 Å². The Kier molecular flexibility index (Phi) is 5.14. The normalized spacial score (nSPS) is 32.8. The summed E-state index contributed by atoms with van der Waals surface area (Å²) in [6.07, 6.45) is 2.75. The molecule has 1 N–H and O–H groups in total. The van der Waals surface area contributed by atoms with Crippen molar-refractivity contribution in [2.75, 3.05) is 39.5 Å². The molecule has 1 aromatic carbocycles. The number of fused-ring (bicyclic) bond motifs is 1. The molecule has 2 aliphatic heterocycles. The van der Waals surface area contributed by atoms with Crippen LogP contribution in [0.3, 0.4) is 0 Å². The van der Waals surface area contributed by atoms with Gasteiger partial charge in [-0.05, 0) is 18.4 Å². The lowest BCUT2D eigenvalue weighted by Gasteiger charge is -2.56. The molecule has 2 saturated heterocycles. The molecule has 1 saturated carbocycles. The van der Waals surface area contributed by atoms with Crippen molar-refractivity contribution in [3.05, 3.63) is 35.9 Å². The highest BCUT2D eigenvalue weighted by Crippen LogP contribution is 2.52. The van der Waals surface area contributed by atoms with Crippen LogP contribution in [0.2, 0.25) is 0 Å². The second kappa shape index (κ2) is 7.36. The molecule has 1 aromatic rings. The Hall–Kier alpha value is -0.940. The molecular weight excluding hydrogens is 312 g/mol. The molecule has 4 rings (SSSR count). The lowest BCUT2D eigenvalue weighted by Crippen LogP contribution is -2.68. The predicted octanol–water partition coefficient (Wildman–Crippen LogP) is 2.33. The first-order valence-electron chi connectivity index (χ1n) is 9.86. The fourth-order valence-electron chi connectivity index (χ4n) is 5.09. The summed E-state index contributed by atoms with van der Waals surface area (Å²) in [4.78, 5) is 2.55. The van der Waals surface area contributed by atoms with E-state index in [4.69, 9.17) is 9.47 Å². The Morgan fingerprint density at radius 2 is 1.92 bits per heavy atom. The van der Waals surface area contributed by atoms with E-state index in [0.717, 1.165) is 45.9 Å². The molecule has 1 aliphatic carbocycles. The average molecular weight is 344 g/mol. The van der Waals surface area contributed by atoms with Crippen molar-refractivity contribution in [2.24, 2.45) is 11.3 Å². The molecule has 4 unspecified atom stereocenters. The van der Waals surface area contributed by atoms with Gasteiger partial charge in [0.05, 0.1) is 19.3 Å². The van der Waals surface area contributed by atoms with Gasteiger partial charge in [-0.1, -0.05) is 44.2 Å². The second-order valence-electron chi connectivity index (χ2n) is 8.51. The molecular formula is C21H32N2O2. The van der Waals surface area contributed by atoms with E-state index in [9.17, 15) is 0 Å². The van der Waals surface area contributed by atoms with E-state index < -0.39 is 0 Å². The highest BCUT2D eigenvalue weighted by molar-refractivity contribution is 5.17. The van der Waals surface area contributed by atoms with Gasteiger partial charge < -0.3 is 14.8 Å². The third kappa shape index (κ3) is 3.63. The van der Waals surface area contributed by atoms with Gasteiger partial charge >= 0.3 is 0 Å². The Morgan fingerprint density at radius 1 is 1.16 bits per heavy atom. The van der Waals surface area contributed by atoms with E-state index in [1.165, 1.54) is 12.0 Å². The topological polar surface area (TPSA) is 33.7 Å². The first-order chi connectivity index (χ1) is 12.1. The number of nitrogens with one attached hydrogen (secondary N) is 1. The number of hydrogen-bond donors (Lipinski definition) is 1. The Labute approximate surface area is 151 Å². The molecule has 0 bridgehead atoms. The van der Waals surface area contributed by atoms with Crippen molar-refractivity contribution < 1.29 is 9.47 Å². The van der Waals surface area contributed by atoms with Crippen LogP contribution in [0.15, 0.2) is 30.3 Å². The fraction of sp³-hybridized carbons (Fsp3) is 0.714. The zero-order valence-corrected chi connectivity index (χ0v) is 15.6. The maximum Gasteiger partial charge on any atom is 0.0685 e. The molecule has 138 valence electrons. The number of ether oxygens (including phenoxy) is 2. The predicted molar refractivity (Wildman–Crippen MR) is 99.7 cm³/mol. The van der Waals surface area contributed by atoms with Crippen LogP contribution < -0.4 is 5.32 Å². The first kappa shape index (κ1) is 17.5. The van der Waals surface area contributed by atoms with Gasteiger partial charge in [0.15, 0.2) is 0 Å². The lowest BCUT2D eigenvalue weighted by atomic mass is 9.57. The average Bonchev–Trinajstić information content (AvgIpc) is 3.08. The Bertz CT molecular complexity index is 556. The largest absolute Gasteiger partial charge is 0.379 e. The monoisotopic (exact) mass is 344 g/mol. The molecule has 3 fully saturated rings. The van der Waals surface area contributed by atoms with Crippen molar-refractivity contribution >= 4 is 0 Å². The summed E-state index contributed by atoms with van der Waals surface area (Å²) in [5.41, 5.74) is 1.66. The summed E-state index contributed by atoms with van der Waals surface area (Å²) >= 11 is 0. The summed E-state index contributed by atoms with van der Waals surface area (Å²) in [5, 5.41) is 4.05. The van der Waals surface area contributed by atoms with E-state index in [0.29, 0.717) is 24.1 Å². The van der Waals surface area contributed by atoms with E-state index in [-0.39, 0.29) is 5.41 Å². The van der Waals surface area contributed by atoms with Gasteiger partial charge in [0.1, 0.15) is 0 Å². The van der Waals surface area contributed by atoms with Crippen LogP contribution in [0.1, 0.15) is 25.8 Å². The zero-order valence-electron chi connectivity index (χ0n) is 15.6. The van der Waals surface area contributed by atoms with Crippen LogP contribution in [0.5, 0.6) is 0 Å². The Balaban J connectivity index is 1.44. The van der Waals surface area contributed by atoms with Crippen LogP contribution in [0, 0.1) is 11.3 Å². The fourth-order valence-corrected chi connectivity index (χ4v) is 5.09. The molecule has 25 heavy (non-hydrogen) atoms. The van der Waals surface area contributed by atoms with Gasteiger partial charge in [-0.2, -0.15) is 0 Å². The Morgan fingerprint density at radius 3 is 2.68 bits per heavy atom. The van der Waals surface area contributed by atoms with Crippen LogP contribution in [-0.4, -0.2) is 62.5 Å². The number of benzene rings is 1. The van der Waals surface area contributed by atoms with Gasteiger partial charge in [0.2, 0.25) is 0 Å². The number of hydrogen-bond acceptors (Lipinski definition) is 4. The molecule has 0 amide bonds. The molecule has 0 aromatic heterocycles. The third-order valence-corrected chi connectivity index (χ3v) is 6.42. The first-order valence-corrected chi connectivity index (χ1v) is 9.86. The van der Waals surface area contributed by atoms with Crippen molar-refractivity contribution in [3.63, 3.8) is 0 Å². The van der Waals surface area contributed by atoms with Crippen LogP contribution in [-0.2, 0) is 15.9 Å². The van der Waals surface area contributed by atoms with Gasteiger partial charge in [-0.25, -0.2) is 0 Å². The van der Waals surface area contributed by atoms with E-state index in [2.05, 4.69) is 54.4 Å². The van der Waals surface area contributed by atoms with Gasteiger partial charge in [-0.15, -0.1) is 0 Å². The van der Waals surface area contributed by atoms with Crippen LogP contribution in [0.4, 0.5) is 0 Å². The van der Waals surface area contributed by atoms with Crippen molar-refractivity contribution in [2.45, 2.75) is 44.9 Å². The van der Waals surface area contributed by atoms with E-state index in [1.54, 1.807) is 0 Å². The maximum absolute atomic E-state index is 5.98. The SMILES string of the molecule is CC1(C)C(NC(Cc2ccccc2)CN2CCOCC2)C2CCOC21. The minimum atomic E-state index is 0.237. The van der Waals surface area contributed by atoms with Crippen LogP contribution in [0.25, 0.3) is 0 Å².